The van der Waals surface area contributed by atoms with Gasteiger partial charge in [-0.3, -0.25) is 14.9 Å². The van der Waals surface area contributed by atoms with E-state index in [4.69, 9.17) is 5.73 Å². The second-order valence-electron chi connectivity index (χ2n) is 3.74. The Morgan fingerprint density at radius 3 is 2.82 bits per heavy atom. The van der Waals surface area contributed by atoms with Crippen LogP contribution < -0.4 is 11.1 Å². The van der Waals surface area contributed by atoms with E-state index in [1.807, 2.05) is 6.92 Å². The van der Waals surface area contributed by atoms with Crippen molar-refractivity contribution in [3.8, 4) is 0 Å². The smallest absolute Gasteiger partial charge is 0.287 e. The third-order valence-electron chi connectivity index (χ3n) is 2.40. The van der Waals surface area contributed by atoms with Crippen LogP contribution in [0.25, 0.3) is 0 Å². The normalized spacial score (nSPS) is 12.2. The number of rotatable bonds is 5. The first-order chi connectivity index (χ1) is 7.99. The van der Waals surface area contributed by atoms with Gasteiger partial charge in [-0.2, -0.15) is 0 Å². The Kier molecular flexibility index (Phi) is 4.22. The van der Waals surface area contributed by atoms with E-state index in [9.17, 15) is 14.9 Å². The highest BCUT2D eigenvalue weighted by Gasteiger charge is 2.19. The maximum Gasteiger partial charge on any atom is 0.287 e. The van der Waals surface area contributed by atoms with Crippen LogP contribution in [0.15, 0.2) is 12.3 Å². The molecule has 7 nitrogen and oxygen atoms in total. The zero-order valence-corrected chi connectivity index (χ0v) is 9.84. The lowest BCUT2D eigenvalue weighted by atomic mass is 10.3. The quantitative estimate of drug-likeness (QED) is 0.577. The van der Waals surface area contributed by atoms with Crippen LogP contribution in [-0.2, 0) is 6.54 Å². The molecule has 1 aromatic rings. The lowest BCUT2D eigenvalue weighted by molar-refractivity contribution is -0.384. The number of nitrogens with two attached hydrogens (primary N) is 1. The maximum absolute atomic E-state index is 11.8. The minimum atomic E-state index is -0.519. The molecule has 94 valence electrons. The molecular formula is C10H16N4O3. The van der Waals surface area contributed by atoms with Gasteiger partial charge in [-0.05, 0) is 13.8 Å². The van der Waals surface area contributed by atoms with Gasteiger partial charge >= 0.3 is 0 Å². The van der Waals surface area contributed by atoms with E-state index >= 15 is 0 Å². The lowest BCUT2D eigenvalue weighted by Crippen LogP contribution is -2.38. The van der Waals surface area contributed by atoms with Crippen LogP contribution in [0.1, 0.15) is 24.3 Å². The highest BCUT2D eigenvalue weighted by Crippen LogP contribution is 2.16. The van der Waals surface area contributed by atoms with Crippen molar-refractivity contribution in [1.29, 1.82) is 0 Å². The minimum absolute atomic E-state index is 0.0857. The number of nitro groups is 1. The molecule has 0 saturated heterocycles. The topological polar surface area (TPSA) is 103 Å². The molecular weight excluding hydrogens is 224 g/mol. The van der Waals surface area contributed by atoms with Crippen LogP contribution in [0.5, 0.6) is 0 Å². The summed E-state index contributed by atoms with van der Waals surface area (Å²) < 4.78 is 1.54. The number of aromatic nitrogens is 1. The van der Waals surface area contributed by atoms with Crippen LogP contribution in [0.4, 0.5) is 5.69 Å². The minimum Gasteiger partial charge on any atom is -0.347 e. The molecule has 1 heterocycles. The Morgan fingerprint density at radius 2 is 2.35 bits per heavy atom. The summed E-state index contributed by atoms with van der Waals surface area (Å²) in [6, 6.07) is 1.10. The van der Waals surface area contributed by atoms with Crippen molar-refractivity contribution in [3.63, 3.8) is 0 Å². The number of hydrogen-bond acceptors (Lipinski definition) is 4. The van der Waals surface area contributed by atoms with Crippen LogP contribution in [0.3, 0.4) is 0 Å². The average Bonchev–Trinajstić information content (AvgIpc) is 2.72. The van der Waals surface area contributed by atoms with Gasteiger partial charge in [0.15, 0.2) is 0 Å². The van der Waals surface area contributed by atoms with Gasteiger partial charge in [-0.15, -0.1) is 0 Å². The van der Waals surface area contributed by atoms with Crippen molar-refractivity contribution in [3.05, 3.63) is 28.1 Å². The molecule has 1 rings (SSSR count). The number of carbonyl (C=O) groups excluding carboxylic acids is 1. The largest absolute Gasteiger partial charge is 0.347 e. The summed E-state index contributed by atoms with van der Waals surface area (Å²) in [7, 11) is 0. The van der Waals surface area contributed by atoms with Gasteiger partial charge in [0.2, 0.25) is 0 Å². The molecule has 0 radical (unpaired) electrons. The third-order valence-corrected chi connectivity index (χ3v) is 2.40. The Morgan fingerprint density at radius 1 is 1.71 bits per heavy atom. The molecule has 1 atom stereocenters. The molecule has 0 fully saturated rings. The van der Waals surface area contributed by atoms with E-state index in [0.29, 0.717) is 13.1 Å². The van der Waals surface area contributed by atoms with E-state index in [1.165, 1.54) is 16.8 Å². The second kappa shape index (κ2) is 5.44. The fourth-order valence-electron chi connectivity index (χ4n) is 1.40. The number of nitrogens with zero attached hydrogens (tertiary/aromatic N) is 2. The second-order valence-corrected chi connectivity index (χ2v) is 3.74. The zero-order chi connectivity index (χ0) is 13.0. The summed E-state index contributed by atoms with van der Waals surface area (Å²) >= 11 is 0. The Labute approximate surface area is 98.7 Å². The molecule has 0 aliphatic carbocycles. The number of aryl methyl sites for hydroxylation is 1. The predicted molar refractivity (Wildman–Crippen MR) is 62.7 cm³/mol. The third kappa shape index (κ3) is 3.04. The summed E-state index contributed by atoms with van der Waals surface area (Å²) in [4.78, 5) is 21.9. The summed E-state index contributed by atoms with van der Waals surface area (Å²) in [5, 5.41) is 13.3. The van der Waals surface area contributed by atoms with Crippen molar-refractivity contribution in [1.82, 2.24) is 9.88 Å². The van der Waals surface area contributed by atoms with Crippen LogP contribution in [-0.4, -0.2) is 28.0 Å². The fourth-order valence-corrected chi connectivity index (χ4v) is 1.40. The van der Waals surface area contributed by atoms with E-state index in [1.54, 1.807) is 6.92 Å². The van der Waals surface area contributed by atoms with Gasteiger partial charge < -0.3 is 15.6 Å². The Hall–Kier alpha value is -1.89. The Bertz CT molecular complexity index is 427. The van der Waals surface area contributed by atoms with Crippen LogP contribution >= 0.6 is 0 Å². The zero-order valence-electron chi connectivity index (χ0n) is 9.84. The summed E-state index contributed by atoms with van der Waals surface area (Å²) in [6.45, 7) is 4.40. The standard InChI is InChI=1S/C10H16N4O3/c1-3-13-6-8(14(16)17)4-9(13)10(15)12-7(2)5-11/h4,6-7H,3,5,11H2,1-2H3,(H,12,15). The molecule has 0 spiro atoms. The average molecular weight is 240 g/mol. The number of hydrogen-bond donors (Lipinski definition) is 2. The van der Waals surface area contributed by atoms with Gasteiger partial charge in [0.1, 0.15) is 5.69 Å². The molecule has 7 heteroatoms. The fraction of sp³-hybridized carbons (Fsp3) is 0.500. The van der Waals surface area contributed by atoms with E-state index < -0.39 is 4.92 Å². The first-order valence-corrected chi connectivity index (χ1v) is 5.35. The van der Waals surface area contributed by atoms with Gasteiger partial charge in [0.05, 0.1) is 11.1 Å². The summed E-state index contributed by atoms with van der Waals surface area (Å²) in [5.74, 6) is -0.349. The molecule has 0 saturated carbocycles. The molecule has 0 aromatic carbocycles. The summed E-state index contributed by atoms with van der Waals surface area (Å²) in [5.41, 5.74) is 5.58. The maximum atomic E-state index is 11.8. The van der Waals surface area contributed by atoms with E-state index in [0.717, 1.165) is 0 Å². The van der Waals surface area contributed by atoms with Crippen molar-refractivity contribution >= 4 is 11.6 Å². The monoisotopic (exact) mass is 240 g/mol. The first-order valence-electron chi connectivity index (χ1n) is 5.35. The van der Waals surface area contributed by atoms with Gasteiger partial charge in [-0.1, -0.05) is 0 Å². The van der Waals surface area contributed by atoms with Gasteiger partial charge in [0.25, 0.3) is 11.6 Å². The number of carbonyl (C=O) groups is 1. The van der Waals surface area contributed by atoms with E-state index in [2.05, 4.69) is 5.32 Å². The highest BCUT2D eigenvalue weighted by molar-refractivity contribution is 5.93. The molecule has 1 amide bonds. The van der Waals surface area contributed by atoms with Gasteiger partial charge in [-0.25, -0.2) is 0 Å². The van der Waals surface area contributed by atoms with Crippen molar-refractivity contribution in [2.24, 2.45) is 5.73 Å². The van der Waals surface area contributed by atoms with Crippen LogP contribution in [0.2, 0.25) is 0 Å². The molecule has 0 aliphatic heterocycles. The van der Waals surface area contributed by atoms with Crippen molar-refractivity contribution < 1.29 is 9.72 Å². The predicted octanol–water partition coefficient (Wildman–Crippen LogP) is 0.493. The molecule has 17 heavy (non-hydrogen) atoms. The number of amides is 1. The molecule has 1 aromatic heterocycles. The number of nitrogens with one attached hydrogen (secondary N) is 1. The van der Waals surface area contributed by atoms with Crippen molar-refractivity contribution in [2.75, 3.05) is 6.54 Å². The molecule has 0 aliphatic rings. The van der Waals surface area contributed by atoms with Gasteiger partial charge in [0, 0.05) is 25.2 Å². The Balaban J connectivity index is 2.95. The SMILES string of the molecule is CCn1cc([N+](=O)[O-])cc1C(=O)NC(C)CN. The molecule has 1 unspecified atom stereocenters. The van der Waals surface area contributed by atoms with E-state index in [-0.39, 0.29) is 23.3 Å². The lowest BCUT2D eigenvalue weighted by Gasteiger charge is -2.11. The highest BCUT2D eigenvalue weighted by atomic mass is 16.6. The van der Waals surface area contributed by atoms with Crippen LogP contribution in [0, 0.1) is 10.1 Å². The molecule has 3 N–H and O–H groups in total. The molecule has 0 bridgehead atoms. The summed E-state index contributed by atoms with van der Waals surface area (Å²) in [6.07, 6.45) is 1.35. The van der Waals surface area contributed by atoms with Crippen molar-refractivity contribution in [2.45, 2.75) is 26.4 Å². The first kappa shape index (κ1) is 13.2.